The average molecular weight is 340 g/mol. The normalized spacial score (nSPS) is 16.5. The molecule has 8 nitrogen and oxygen atoms in total. The van der Waals surface area contributed by atoms with Gasteiger partial charge in [-0.3, -0.25) is 9.58 Å². The number of hydrogen-bond acceptors (Lipinski definition) is 6. The molecule has 0 spiro atoms. The van der Waals surface area contributed by atoms with Crippen LogP contribution in [0.4, 0.5) is 5.82 Å². The van der Waals surface area contributed by atoms with Gasteiger partial charge in [-0.05, 0) is 32.4 Å². The summed E-state index contributed by atoms with van der Waals surface area (Å²) in [5.74, 6) is 1.82. The monoisotopic (exact) mass is 340 g/mol. The highest BCUT2D eigenvalue weighted by molar-refractivity contribution is 5.45. The van der Waals surface area contributed by atoms with E-state index in [9.17, 15) is 0 Å². The van der Waals surface area contributed by atoms with E-state index in [1.54, 1.807) is 0 Å². The molecule has 3 aromatic heterocycles. The van der Waals surface area contributed by atoms with Gasteiger partial charge in [0.05, 0.1) is 6.20 Å². The number of aromatic nitrogens is 6. The maximum atomic E-state index is 4.71. The van der Waals surface area contributed by atoms with Crippen LogP contribution in [0.1, 0.15) is 24.7 Å². The Morgan fingerprint density at radius 3 is 2.84 bits per heavy atom. The highest BCUT2D eigenvalue weighted by Gasteiger charge is 2.17. The van der Waals surface area contributed by atoms with Crippen molar-refractivity contribution < 1.29 is 0 Å². The predicted octanol–water partition coefficient (Wildman–Crippen LogP) is 1.36. The van der Waals surface area contributed by atoms with E-state index >= 15 is 0 Å². The molecule has 4 rings (SSSR count). The molecule has 0 unspecified atom stereocenters. The molecule has 0 atom stereocenters. The van der Waals surface area contributed by atoms with Crippen molar-refractivity contribution in [3.05, 3.63) is 35.9 Å². The molecule has 25 heavy (non-hydrogen) atoms. The zero-order chi connectivity index (χ0) is 17.2. The van der Waals surface area contributed by atoms with Crippen LogP contribution in [0.3, 0.4) is 0 Å². The van der Waals surface area contributed by atoms with Gasteiger partial charge in [0.2, 0.25) is 0 Å². The highest BCUT2D eigenvalue weighted by Crippen LogP contribution is 2.16. The molecular weight excluding hydrogens is 316 g/mol. The van der Waals surface area contributed by atoms with E-state index in [0.717, 1.165) is 63.0 Å². The van der Waals surface area contributed by atoms with Crippen LogP contribution in [-0.4, -0.2) is 60.7 Å². The SMILES string of the molecule is CCn1cc(CN2CCCN(c3ccc4nnc(C)n4n3)CC2)cn1. The van der Waals surface area contributed by atoms with E-state index in [1.165, 1.54) is 5.56 Å². The molecule has 0 N–H and O–H groups in total. The summed E-state index contributed by atoms with van der Waals surface area (Å²) >= 11 is 0. The molecule has 8 heteroatoms. The summed E-state index contributed by atoms with van der Waals surface area (Å²) in [6, 6.07) is 4.04. The molecule has 0 aliphatic carbocycles. The number of anilines is 1. The van der Waals surface area contributed by atoms with Crippen molar-refractivity contribution in [3.63, 3.8) is 0 Å². The van der Waals surface area contributed by atoms with Crippen LogP contribution in [0.15, 0.2) is 24.5 Å². The van der Waals surface area contributed by atoms with Crippen molar-refractivity contribution in [1.82, 2.24) is 34.5 Å². The molecule has 1 saturated heterocycles. The number of fused-ring (bicyclic) bond motifs is 1. The first-order valence-corrected chi connectivity index (χ1v) is 8.90. The Morgan fingerprint density at radius 2 is 2.00 bits per heavy atom. The molecule has 1 aliphatic heterocycles. The molecular formula is C17H24N8. The lowest BCUT2D eigenvalue weighted by molar-refractivity contribution is 0.285. The second-order valence-corrected chi connectivity index (χ2v) is 6.53. The minimum atomic E-state index is 0.797. The molecule has 3 aromatic rings. The van der Waals surface area contributed by atoms with Gasteiger partial charge >= 0.3 is 0 Å². The van der Waals surface area contributed by atoms with Crippen molar-refractivity contribution in [2.45, 2.75) is 33.4 Å². The maximum absolute atomic E-state index is 4.71. The van der Waals surface area contributed by atoms with Gasteiger partial charge in [-0.25, -0.2) is 0 Å². The number of hydrogen-bond donors (Lipinski definition) is 0. The molecule has 0 amide bonds. The van der Waals surface area contributed by atoms with Crippen LogP contribution in [0.25, 0.3) is 5.65 Å². The summed E-state index contributed by atoms with van der Waals surface area (Å²) in [6.07, 6.45) is 5.26. The van der Waals surface area contributed by atoms with Crippen LogP contribution in [0, 0.1) is 6.92 Å². The van der Waals surface area contributed by atoms with E-state index < -0.39 is 0 Å². The summed E-state index contributed by atoms with van der Waals surface area (Å²) in [7, 11) is 0. The van der Waals surface area contributed by atoms with Crippen LogP contribution < -0.4 is 4.90 Å². The van der Waals surface area contributed by atoms with E-state index in [0.29, 0.717) is 0 Å². The third-order valence-electron chi connectivity index (χ3n) is 4.73. The molecule has 0 bridgehead atoms. The van der Waals surface area contributed by atoms with Crippen molar-refractivity contribution in [1.29, 1.82) is 0 Å². The average Bonchev–Trinajstić information content (AvgIpc) is 3.16. The molecule has 1 fully saturated rings. The quantitative estimate of drug-likeness (QED) is 0.714. The van der Waals surface area contributed by atoms with Gasteiger partial charge in [0.25, 0.3) is 0 Å². The first kappa shape index (κ1) is 16.0. The van der Waals surface area contributed by atoms with Gasteiger partial charge in [-0.2, -0.15) is 9.61 Å². The second-order valence-electron chi connectivity index (χ2n) is 6.53. The number of nitrogens with zero attached hydrogens (tertiary/aromatic N) is 8. The largest absolute Gasteiger partial charge is 0.354 e. The molecule has 1 aliphatic rings. The first-order valence-electron chi connectivity index (χ1n) is 8.90. The second kappa shape index (κ2) is 6.79. The van der Waals surface area contributed by atoms with Gasteiger partial charge in [0.1, 0.15) is 5.82 Å². The fraction of sp³-hybridized carbons (Fsp3) is 0.529. The van der Waals surface area contributed by atoms with Gasteiger partial charge in [0, 0.05) is 51.0 Å². The van der Waals surface area contributed by atoms with Crippen molar-refractivity contribution in [2.75, 3.05) is 31.1 Å². The van der Waals surface area contributed by atoms with E-state index in [-0.39, 0.29) is 0 Å². The molecule has 0 saturated carbocycles. The molecule has 132 valence electrons. The van der Waals surface area contributed by atoms with Crippen LogP contribution in [-0.2, 0) is 13.1 Å². The maximum Gasteiger partial charge on any atom is 0.178 e. The Kier molecular flexibility index (Phi) is 4.35. The molecule has 4 heterocycles. The lowest BCUT2D eigenvalue weighted by Crippen LogP contribution is -2.31. The van der Waals surface area contributed by atoms with E-state index in [2.05, 4.69) is 38.2 Å². The smallest absolute Gasteiger partial charge is 0.178 e. The summed E-state index contributed by atoms with van der Waals surface area (Å²) in [5, 5.41) is 17.3. The van der Waals surface area contributed by atoms with Gasteiger partial charge < -0.3 is 4.90 Å². The predicted molar refractivity (Wildman–Crippen MR) is 95.5 cm³/mol. The standard InChI is InChI=1S/C17H24N8/c1-3-24-13-15(11-18-24)12-22-7-4-8-23(10-9-22)17-6-5-16-20-19-14(2)25(16)21-17/h5-6,11,13H,3-4,7-10,12H2,1-2H3. The molecule has 0 aromatic carbocycles. The topological polar surface area (TPSA) is 67.4 Å². The van der Waals surface area contributed by atoms with Crippen LogP contribution in [0.5, 0.6) is 0 Å². The Labute approximate surface area is 147 Å². The zero-order valence-corrected chi connectivity index (χ0v) is 14.8. The van der Waals surface area contributed by atoms with Gasteiger partial charge in [-0.1, -0.05) is 0 Å². The Balaban J connectivity index is 1.43. The third-order valence-corrected chi connectivity index (χ3v) is 4.73. The number of rotatable bonds is 4. The summed E-state index contributed by atoms with van der Waals surface area (Å²) in [5.41, 5.74) is 2.08. The van der Waals surface area contributed by atoms with Crippen LogP contribution >= 0.6 is 0 Å². The minimum Gasteiger partial charge on any atom is -0.354 e. The van der Waals surface area contributed by atoms with Crippen LogP contribution in [0.2, 0.25) is 0 Å². The first-order chi connectivity index (χ1) is 12.2. The fourth-order valence-corrected chi connectivity index (χ4v) is 3.33. The fourth-order valence-electron chi connectivity index (χ4n) is 3.33. The lowest BCUT2D eigenvalue weighted by atomic mass is 10.3. The van der Waals surface area contributed by atoms with Crippen molar-refractivity contribution >= 4 is 11.5 Å². The van der Waals surface area contributed by atoms with E-state index in [1.807, 2.05) is 34.5 Å². The zero-order valence-electron chi connectivity index (χ0n) is 14.8. The Bertz CT molecular complexity index is 851. The third kappa shape index (κ3) is 3.34. The Hall–Kier alpha value is -2.48. The molecule has 0 radical (unpaired) electrons. The van der Waals surface area contributed by atoms with Crippen molar-refractivity contribution in [3.8, 4) is 0 Å². The lowest BCUT2D eigenvalue weighted by Gasteiger charge is -2.22. The highest BCUT2D eigenvalue weighted by atomic mass is 15.4. The van der Waals surface area contributed by atoms with Crippen molar-refractivity contribution in [2.24, 2.45) is 0 Å². The summed E-state index contributed by atoms with van der Waals surface area (Å²) < 4.78 is 3.80. The van der Waals surface area contributed by atoms with Gasteiger partial charge in [-0.15, -0.1) is 15.3 Å². The summed E-state index contributed by atoms with van der Waals surface area (Å²) in [4.78, 5) is 4.86. The minimum absolute atomic E-state index is 0.797. The summed E-state index contributed by atoms with van der Waals surface area (Å²) in [6.45, 7) is 10.0. The van der Waals surface area contributed by atoms with E-state index in [4.69, 9.17) is 5.10 Å². The Morgan fingerprint density at radius 1 is 1.08 bits per heavy atom. The van der Waals surface area contributed by atoms with Gasteiger partial charge in [0.15, 0.2) is 11.5 Å². The number of aryl methyl sites for hydroxylation is 2.